The zero-order valence-corrected chi connectivity index (χ0v) is 15.6. The fraction of sp³-hybridized carbons (Fsp3) is 0. The second-order valence-corrected chi connectivity index (χ2v) is 6.98. The van der Waals surface area contributed by atoms with Crippen molar-refractivity contribution in [3.63, 3.8) is 0 Å². The van der Waals surface area contributed by atoms with Crippen molar-refractivity contribution in [2.75, 3.05) is 5.32 Å². The van der Waals surface area contributed by atoms with Crippen LogP contribution < -0.4 is 5.32 Å². The van der Waals surface area contributed by atoms with E-state index in [1.54, 1.807) is 30.5 Å². The van der Waals surface area contributed by atoms with Gasteiger partial charge in [-0.3, -0.25) is 5.10 Å². The van der Waals surface area contributed by atoms with E-state index in [9.17, 15) is 8.78 Å². The first-order valence-electron chi connectivity index (χ1n) is 8.84. The highest BCUT2D eigenvalue weighted by Crippen LogP contribution is 2.40. The number of H-pyrrole nitrogens is 1. The molecule has 0 saturated carbocycles. The van der Waals surface area contributed by atoms with E-state index in [0.717, 1.165) is 16.7 Å². The Kier molecular flexibility index (Phi) is 4.14. The minimum atomic E-state index is -0.480. The van der Waals surface area contributed by atoms with Gasteiger partial charge in [0.25, 0.3) is 0 Å². The molecule has 1 aliphatic heterocycles. The van der Waals surface area contributed by atoms with E-state index in [0.29, 0.717) is 17.1 Å². The number of aromatic nitrogens is 2. The monoisotopic (exact) mass is 406 g/mol. The van der Waals surface area contributed by atoms with E-state index in [1.165, 1.54) is 18.2 Å². The number of halogens is 3. The van der Waals surface area contributed by atoms with Crippen molar-refractivity contribution >= 4 is 28.8 Å². The van der Waals surface area contributed by atoms with Crippen molar-refractivity contribution in [2.45, 2.75) is 0 Å². The number of anilines is 1. The van der Waals surface area contributed by atoms with Gasteiger partial charge in [0.1, 0.15) is 23.2 Å². The van der Waals surface area contributed by atoms with Gasteiger partial charge in [-0.25, -0.2) is 13.8 Å². The summed E-state index contributed by atoms with van der Waals surface area (Å²) < 4.78 is 27.8. The summed E-state index contributed by atoms with van der Waals surface area (Å²) in [5.74, 6) is -0.499. The van der Waals surface area contributed by atoms with Crippen molar-refractivity contribution in [1.82, 2.24) is 10.2 Å². The van der Waals surface area contributed by atoms with Crippen LogP contribution in [0.1, 0.15) is 5.56 Å². The van der Waals surface area contributed by atoms with Gasteiger partial charge >= 0.3 is 0 Å². The molecule has 7 heteroatoms. The van der Waals surface area contributed by atoms with Crippen LogP contribution in [0.4, 0.5) is 20.2 Å². The van der Waals surface area contributed by atoms with Crippen molar-refractivity contribution in [2.24, 2.45) is 4.99 Å². The van der Waals surface area contributed by atoms with E-state index in [4.69, 9.17) is 11.6 Å². The molecule has 3 aromatic carbocycles. The number of nitrogens with one attached hydrogen (secondary N) is 2. The molecule has 0 radical (unpaired) electrons. The molecule has 4 aromatic rings. The van der Waals surface area contributed by atoms with Crippen LogP contribution >= 0.6 is 11.6 Å². The van der Waals surface area contributed by atoms with Crippen molar-refractivity contribution < 1.29 is 8.78 Å². The summed E-state index contributed by atoms with van der Waals surface area (Å²) in [7, 11) is 0. The van der Waals surface area contributed by atoms with Crippen LogP contribution in [-0.2, 0) is 0 Å². The number of aromatic amines is 1. The zero-order chi connectivity index (χ0) is 20.0. The van der Waals surface area contributed by atoms with E-state index >= 15 is 0 Å². The lowest BCUT2D eigenvalue weighted by Gasteiger charge is -2.10. The smallest absolute Gasteiger partial charge is 0.142 e. The molecule has 2 heterocycles. The summed E-state index contributed by atoms with van der Waals surface area (Å²) in [6, 6.07) is 16.4. The molecular weight excluding hydrogens is 394 g/mol. The largest absolute Gasteiger partial charge is 0.336 e. The highest BCUT2D eigenvalue weighted by atomic mass is 35.5. The topological polar surface area (TPSA) is 53.1 Å². The maximum Gasteiger partial charge on any atom is 0.142 e. The predicted molar refractivity (Wildman–Crippen MR) is 111 cm³/mol. The minimum Gasteiger partial charge on any atom is -0.336 e. The summed E-state index contributed by atoms with van der Waals surface area (Å²) in [6.45, 7) is 0. The summed E-state index contributed by atoms with van der Waals surface area (Å²) in [5.41, 5.74) is 4.58. The molecule has 0 bridgehead atoms. The summed E-state index contributed by atoms with van der Waals surface area (Å²) in [6.07, 6.45) is 1.68. The van der Waals surface area contributed by atoms with E-state index in [1.807, 2.05) is 18.2 Å². The molecule has 0 spiro atoms. The molecule has 5 rings (SSSR count). The van der Waals surface area contributed by atoms with Gasteiger partial charge in [-0.15, -0.1) is 0 Å². The lowest BCUT2D eigenvalue weighted by molar-refractivity contribution is 0.625. The molecule has 0 amide bonds. The molecule has 0 saturated heterocycles. The highest BCUT2D eigenvalue weighted by Gasteiger charge is 2.22. The maximum absolute atomic E-state index is 14.6. The Morgan fingerprint density at radius 3 is 2.48 bits per heavy atom. The third-order valence-electron chi connectivity index (χ3n) is 4.76. The molecule has 4 nitrogen and oxygen atoms in total. The van der Waals surface area contributed by atoms with E-state index in [2.05, 4.69) is 20.5 Å². The minimum absolute atomic E-state index is 0.182. The quantitative estimate of drug-likeness (QED) is 0.417. The van der Waals surface area contributed by atoms with Crippen LogP contribution in [0, 0.1) is 11.6 Å². The summed E-state index contributed by atoms with van der Waals surface area (Å²) in [4.78, 5) is 4.67. The van der Waals surface area contributed by atoms with Gasteiger partial charge in [-0.1, -0.05) is 35.9 Å². The van der Waals surface area contributed by atoms with Crippen LogP contribution in [-0.4, -0.2) is 16.0 Å². The van der Waals surface area contributed by atoms with Crippen LogP contribution in [0.25, 0.3) is 22.4 Å². The molecule has 0 aliphatic carbocycles. The molecule has 0 fully saturated rings. The van der Waals surface area contributed by atoms with Crippen molar-refractivity contribution in [3.05, 3.63) is 89.1 Å². The Labute approximate surface area is 169 Å². The number of hydrogen-bond donors (Lipinski definition) is 2. The molecule has 2 N–H and O–H groups in total. The molecule has 1 aliphatic rings. The van der Waals surface area contributed by atoms with Gasteiger partial charge in [0, 0.05) is 11.8 Å². The summed E-state index contributed by atoms with van der Waals surface area (Å²) in [5, 5.41) is 10.5. The van der Waals surface area contributed by atoms with Crippen molar-refractivity contribution in [1.29, 1.82) is 0 Å². The van der Waals surface area contributed by atoms with E-state index < -0.39 is 5.82 Å². The molecule has 1 aromatic heterocycles. The maximum atomic E-state index is 14.6. The molecular formula is C22H13ClF2N4. The highest BCUT2D eigenvalue weighted by molar-refractivity contribution is 6.35. The standard InChI is InChI=1S/C22H13ClF2N4/c23-16-2-1-3-17(25)20(16)22-27-18-10-13(12-4-7-14(24)8-5-12)6-9-15(18)21-19(28-22)11-26-29-21/h1-11H,(H,26,29)(H,27,28). The van der Waals surface area contributed by atoms with Crippen LogP contribution in [0.3, 0.4) is 0 Å². The number of fused-ring (bicyclic) bond motifs is 3. The number of aliphatic imine (C=N–C) groups is 1. The van der Waals surface area contributed by atoms with Crippen molar-refractivity contribution in [3.8, 4) is 22.4 Å². The van der Waals surface area contributed by atoms with E-state index in [-0.39, 0.29) is 22.2 Å². The second-order valence-electron chi connectivity index (χ2n) is 6.57. The Balaban J connectivity index is 1.72. The lowest BCUT2D eigenvalue weighted by Crippen LogP contribution is -2.15. The summed E-state index contributed by atoms with van der Waals surface area (Å²) >= 11 is 6.27. The predicted octanol–water partition coefficient (Wildman–Crippen LogP) is 6.18. The average molecular weight is 407 g/mol. The van der Waals surface area contributed by atoms with Crippen LogP contribution in [0.2, 0.25) is 5.02 Å². The molecule has 142 valence electrons. The van der Waals surface area contributed by atoms with Crippen LogP contribution in [0.5, 0.6) is 0 Å². The Hall–Kier alpha value is -3.51. The number of rotatable bonds is 2. The first-order valence-corrected chi connectivity index (χ1v) is 9.22. The van der Waals surface area contributed by atoms with Gasteiger partial charge < -0.3 is 5.32 Å². The van der Waals surface area contributed by atoms with Gasteiger partial charge in [0.15, 0.2) is 0 Å². The Morgan fingerprint density at radius 1 is 0.897 bits per heavy atom. The van der Waals surface area contributed by atoms with Gasteiger partial charge in [0.05, 0.1) is 22.0 Å². The fourth-order valence-corrected chi connectivity index (χ4v) is 3.61. The number of benzene rings is 3. The number of nitrogens with zero attached hydrogens (tertiary/aromatic N) is 2. The van der Waals surface area contributed by atoms with Gasteiger partial charge in [0.2, 0.25) is 0 Å². The molecule has 0 unspecified atom stereocenters. The fourth-order valence-electron chi connectivity index (χ4n) is 3.36. The number of hydrogen-bond acceptors (Lipinski definition) is 3. The van der Waals surface area contributed by atoms with Gasteiger partial charge in [-0.05, 0) is 47.5 Å². The first kappa shape index (κ1) is 17.6. The first-order chi connectivity index (χ1) is 14.1. The number of amidine groups is 1. The third kappa shape index (κ3) is 3.07. The lowest BCUT2D eigenvalue weighted by atomic mass is 10.0. The molecule has 0 atom stereocenters. The zero-order valence-electron chi connectivity index (χ0n) is 14.9. The average Bonchev–Trinajstić information content (AvgIpc) is 3.10. The SMILES string of the molecule is Fc1ccc(-c2ccc3c(c2)N=C(c2c(F)cccc2Cl)Nc2c[nH]nc2-3)cc1. The Morgan fingerprint density at radius 2 is 1.69 bits per heavy atom. The normalized spacial score (nSPS) is 12.4. The third-order valence-corrected chi connectivity index (χ3v) is 5.07. The molecule has 29 heavy (non-hydrogen) atoms. The van der Waals surface area contributed by atoms with Crippen LogP contribution in [0.15, 0.2) is 71.9 Å². The van der Waals surface area contributed by atoms with Gasteiger partial charge in [-0.2, -0.15) is 5.10 Å². The second kappa shape index (κ2) is 6.83. The Bertz CT molecular complexity index is 1240.